The third-order valence-corrected chi connectivity index (χ3v) is 5.26. The summed E-state index contributed by atoms with van der Waals surface area (Å²) in [7, 11) is 0. The number of rotatable bonds is 6. The van der Waals surface area contributed by atoms with Gasteiger partial charge in [0.25, 0.3) is 5.79 Å². The van der Waals surface area contributed by atoms with Crippen LogP contribution in [0.2, 0.25) is 0 Å². The van der Waals surface area contributed by atoms with Crippen molar-refractivity contribution in [1.82, 2.24) is 0 Å². The number of aliphatic hydroxyl groups is 1. The van der Waals surface area contributed by atoms with E-state index in [1.807, 2.05) is 13.8 Å². The fourth-order valence-corrected chi connectivity index (χ4v) is 3.77. The van der Waals surface area contributed by atoms with Crippen molar-refractivity contribution in [3.8, 4) is 0 Å². The lowest BCUT2D eigenvalue weighted by Crippen LogP contribution is -2.48. The number of hydrogen-bond acceptors (Lipinski definition) is 4. The fourth-order valence-electron chi connectivity index (χ4n) is 3.77. The van der Waals surface area contributed by atoms with Crippen LogP contribution in [0.3, 0.4) is 0 Å². The second-order valence-corrected chi connectivity index (χ2v) is 7.04. The normalized spacial score (nSPS) is 34.7. The molecule has 1 saturated carbocycles. The van der Waals surface area contributed by atoms with Crippen LogP contribution < -0.4 is 0 Å². The quantitative estimate of drug-likeness (QED) is 0.731. The summed E-state index contributed by atoms with van der Waals surface area (Å²) in [6.07, 6.45) is -1.46. The van der Waals surface area contributed by atoms with Crippen molar-refractivity contribution >= 4 is 5.97 Å². The van der Waals surface area contributed by atoms with E-state index in [0.29, 0.717) is 38.5 Å². The number of fused-ring (bicyclic) bond motifs is 1. The summed E-state index contributed by atoms with van der Waals surface area (Å²) in [4.78, 5) is 12.5. The molecule has 1 aliphatic heterocycles. The van der Waals surface area contributed by atoms with Gasteiger partial charge in [0.1, 0.15) is 11.7 Å². The Morgan fingerprint density at radius 1 is 1.38 bits per heavy atom. The second kappa shape index (κ2) is 7.20. The van der Waals surface area contributed by atoms with Crippen LogP contribution in [0, 0.1) is 5.92 Å². The summed E-state index contributed by atoms with van der Waals surface area (Å²) in [5.74, 6) is -4.01. The zero-order valence-electron chi connectivity index (χ0n) is 14.3. The first-order valence-electron chi connectivity index (χ1n) is 8.87. The van der Waals surface area contributed by atoms with Crippen molar-refractivity contribution in [2.75, 3.05) is 0 Å². The second-order valence-electron chi connectivity index (χ2n) is 7.04. The molecule has 0 aromatic heterocycles. The molecule has 7 heteroatoms. The van der Waals surface area contributed by atoms with Crippen molar-refractivity contribution < 1.29 is 32.5 Å². The largest absolute Gasteiger partial charge is 0.456 e. The predicted octanol–water partition coefficient (Wildman–Crippen LogP) is 4.10. The monoisotopic (exact) mass is 352 g/mol. The molecule has 2 aliphatic rings. The van der Waals surface area contributed by atoms with Gasteiger partial charge < -0.3 is 14.6 Å². The minimum absolute atomic E-state index is 0.298. The average Bonchev–Trinajstić information content (AvgIpc) is 2.80. The van der Waals surface area contributed by atoms with Crippen LogP contribution in [0.5, 0.6) is 0 Å². The Kier molecular flexibility index (Phi) is 5.85. The summed E-state index contributed by atoms with van der Waals surface area (Å²) in [6.45, 7) is 3.89. The van der Waals surface area contributed by atoms with E-state index in [2.05, 4.69) is 0 Å². The topological polar surface area (TPSA) is 55.8 Å². The van der Waals surface area contributed by atoms with Crippen LogP contribution in [-0.2, 0) is 14.3 Å². The van der Waals surface area contributed by atoms with E-state index in [4.69, 9.17) is 9.47 Å². The molecule has 0 radical (unpaired) electrons. The molecule has 0 spiro atoms. The molecule has 0 aromatic carbocycles. The first-order chi connectivity index (χ1) is 11.2. The number of carbonyl (C=O) groups excluding carboxylic acids is 1. The Balaban J connectivity index is 2.17. The van der Waals surface area contributed by atoms with Gasteiger partial charge >= 0.3 is 12.1 Å². The molecule has 1 aliphatic carbocycles. The highest BCUT2D eigenvalue weighted by molar-refractivity contribution is 5.73. The minimum Gasteiger partial charge on any atom is -0.456 e. The number of halogens is 3. The number of ether oxygens (including phenoxy) is 2. The number of alkyl halides is 3. The number of unbranched alkanes of at least 4 members (excludes halogenated alkanes) is 1. The van der Waals surface area contributed by atoms with Gasteiger partial charge in [-0.05, 0) is 32.1 Å². The fraction of sp³-hybridized carbons (Fsp3) is 0.941. The third-order valence-electron chi connectivity index (χ3n) is 5.26. The average molecular weight is 352 g/mol. The summed E-state index contributed by atoms with van der Waals surface area (Å²) in [6, 6.07) is 0. The molecule has 1 saturated heterocycles. The highest BCUT2D eigenvalue weighted by Gasteiger charge is 2.69. The first kappa shape index (κ1) is 19.5. The van der Waals surface area contributed by atoms with Gasteiger partial charge in [-0.15, -0.1) is 0 Å². The highest BCUT2D eigenvalue weighted by Crippen LogP contribution is 2.52. The minimum atomic E-state index is -4.91. The first-order valence-corrected chi connectivity index (χ1v) is 8.87. The lowest BCUT2D eigenvalue weighted by Gasteiger charge is -2.37. The predicted molar refractivity (Wildman–Crippen MR) is 81.1 cm³/mol. The molecular formula is C17H27F3O4. The van der Waals surface area contributed by atoms with E-state index < -0.39 is 36.1 Å². The highest BCUT2D eigenvalue weighted by atomic mass is 19.4. The van der Waals surface area contributed by atoms with Gasteiger partial charge in [0.05, 0.1) is 12.3 Å². The van der Waals surface area contributed by atoms with Gasteiger partial charge in [-0.3, -0.25) is 4.79 Å². The Morgan fingerprint density at radius 3 is 2.67 bits per heavy atom. The van der Waals surface area contributed by atoms with Gasteiger partial charge in [-0.2, -0.15) is 13.2 Å². The standard InChI is InChI=1S/C17H27F3O4/c1-3-5-8-12(4-2)14(21)24-15-10-7-6-9-13(15)23-16(22,11-15)17(18,19)20/h12-13,22H,3-11H2,1-2H3. The Hall–Kier alpha value is -0.820. The number of esters is 1. The Labute approximate surface area is 140 Å². The maximum absolute atomic E-state index is 13.2. The summed E-state index contributed by atoms with van der Waals surface area (Å²) in [5.41, 5.74) is -1.36. The molecule has 0 amide bonds. The molecule has 24 heavy (non-hydrogen) atoms. The summed E-state index contributed by atoms with van der Waals surface area (Å²) in [5, 5.41) is 9.94. The molecule has 2 fully saturated rings. The van der Waals surface area contributed by atoms with Crippen LogP contribution in [0.1, 0.15) is 71.6 Å². The van der Waals surface area contributed by atoms with E-state index in [1.54, 1.807) is 0 Å². The zero-order valence-corrected chi connectivity index (χ0v) is 14.3. The molecule has 4 unspecified atom stereocenters. The van der Waals surface area contributed by atoms with Crippen molar-refractivity contribution in [2.45, 2.75) is 95.3 Å². The van der Waals surface area contributed by atoms with Gasteiger partial charge in [-0.1, -0.05) is 33.1 Å². The van der Waals surface area contributed by atoms with Gasteiger partial charge in [-0.25, -0.2) is 0 Å². The smallest absolute Gasteiger partial charge is 0.443 e. The van der Waals surface area contributed by atoms with Gasteiger partial charge in [0.15, 0.2) is 0 Å². The number of carbonyl (C=O) groups is 1. The molecular weight excluding hydrogens is 325 g/mol. The molecule has 4 atom stereocenters. The van der Waals surface area contributed by atoms with E-state index in [9.17, 15) is 23.1 Å². The van der Waals surface area contributed by atoms with Crippen molar-refractivity contribution in [3.63, 3.8) is 0 Å². The molecule has 0 aromatic rings. The van der Waals surface area contributed by atoms with Crippen molar-refractivity contribution in [3.05, 3.63) is 0 Å². The van der Waals surface area contributed by atoms with Crippen LogP contribution >= 0.6 is 0 Å². The van der Waals surface area contributed by atoms with Gasteiger partial charge in [0.2, 0.25) is 0 Å². The van der Waals surface area contributed by atoms with E-state index in [1.165, 1.54) is 0 Å². The van der Waals surface area contributed by atoms with E-state index in [0.717, 1.165) is 12.8 Å². The third kappa shape index (κ3) is 3.72. The van der Waals surface area contributed by atoms with Crippen LogP contribution in [0.25, 0.3) is 0 Å². The van der Waals surface area contributed by atoms with Crippen LogP contribution in [0.4, 0.5) is 13.2 Å². The van der Waals surface area contributed by atoms with E-state index in [-0.39, 0.29) is 5.92 Å². The lowest BCUT2D eigenvalue weighted by atomic mass is 9.80. The SMILES string of the molecule is CCCCC(CC)C(=O)OC12CCCCC1OC(O)(C(F)(F)F)C2. The Bertz CT molecular complexity index is 454. The maximum atomic E-state index is 13.2. The Morgan fingerprint density at radius 2 is 2.08 bits per heavy atom. The lowest BCUT2D eigenvalue weighted by molar-refractivity contribution is -0.357. The van der Waals surface area contributed by atoms with Crippen LogP contribution in [-0.4, -0.2) is 34.7 Å². The molecule has 1 heterocycles. The number of hydrogen-bond donors (Lipinski definition) is 1. The molecule has 1 N–H and O–H groups in total. The maximum Gasteiger partial charge on any atom is 0.443 e. The zero-order chi connectivity index (χ0) is 18.0. The summed E-state index contributed by atoms with van der Waals surface area (Å²) >= 11 is 0. The molecule has 140 valence electrons. The van der Waals surface area contributed by atoms with Crippen LogP contribution in [0.15, 0.2) is 0 Å². The molecule has 0 bridgehead atoms. The summed E-state index contributed by atoms with van der Waals surface area (Å²) < 4.78 is 50.1. The van der Waals surface area contributed by atoms with Gasteiger partial charge in [0, 0.05) is 0 Å². The van der Waals surface area contributed by atoms with E-state index >= 15 is 0 Å². The van der Waals surface area contributed by atoms with Crippen molar-refractivity contribution in [1.29, 1.82) is 0 Å². The molecule has 2 rings (SSSR count). The van der Waals surface area contributed by atoms with Crippen molar-refractivity contribution in [2.24, 2.45) is 5.92 Å². The molecule has 4 nitrogen and oxygen atoms in total.